The van der Waals surface area contributed by atoms with Gasteiger partial charge in [-0.3, -0.25) is 9.78 Å². The van der Waals surface area contributed by atoms with E-state index >= 15 is 0 Å². The highest BCUT2D eigenvalue weighted by Gasteiger charge is 2.29. The van der Waals surface area contributed by atoms with Gasteiger partial charge in [0.2, 0.25) is 5.91 Å². The third kappa shape index (κ3) is 5.05. The summed E-state index contributed by atoms with van der Waals surface area (Å²) in [6, 6.07) is 14.4. The van der Waals surface area contributed by atoms with Gasteiger partial charge in [0.1, 0.15) is 5.75 Å². The summed E-state index contributed by atoms with van der Waals surface area (Å²) >= 11 is 0. The van der Waals surface area contributed by atoms with Crippen LogP contribution in [0.15, 0.2) is 48.7 Å². The quantitative estimate of drug-likeness (QED) is 0.705. The largest absolute Gasteiger partial charge is 0.497 e. The second-order valence-corrected chi connectivity index (χ2v) is 6.66. The Balaban J connectivity index is 1.43. The fourth-order valence-corrected chi connectivity index (χ4v) is 3.43. The molecule has 1 atom stereocenters. The lowest BCUT2D eigenvalue weighted by Gasteiger charge is -2.25. The highest BCUT2D eigenvalue weighted by atomic mass is 16.5. The SMILES string of the molecule is COc1ccc(CCN2C(=O)CC[C@H]2CCNCc2ccccn2)cc1. The number of nitrogens with one attached hydrogen (secondary N) is 1. The van der Waals surface area contributed by atoms with E-state index in [2.05, 4.69) is 27.3 Å². The third-order valence-corrected chi connectivity index (χ3v) is 4.94. The lowest BCUT2D eigenvalue weighted by Crippen LogP contribution is -2.36. The molecule has 26 heavy (non-hydrogen) atoms. The van der Waals surface area contributed by atoms with E-state index in [-0.39, 0.29) is 5.91 Å². The molecule has 5 heteroatoms. The molecule has 3 rings (SSSR count). The van der Waals surface area contributed by atoms with Gasteiger partial charge in [-0.05, 0) is 55.6 Å². The standard InChI is InChI=1S/C21H27N3O2/c1-26-20-8-5-17(6-9-20)12-15-24-19(7-10-21(24)25)11-14-22-16-18-4-2-3-13-23-18/h2-6,8-9,13,19,22H,7,10-12,14-16H2,1H3/t19-/m0/s1. The van der Waals surface area contributed by atoms with Crippen molar-refractivity contribution in [3.8, 4) is 5.75 Å². The molecule has 1 N–H and O–H groups in total. The van der Waals surface area contributed by atoms with Crippen molar-refractivity contribution in [2.24, 2.45) is 0 Å². The maximum Gasteiger partial charge on any atom is 0.222 e. The number of nitrogens with zero attached hydrogens (tertiary/aromatic N) is 2. The molecule has 1 aromatic heterocycles. The van der Waals surface area contributed by atoms with Gasteiger partial charge in [0.15, 0.2) is 0 Å². The van der Waals surface area contributed by atoms with Gasteiger partial charge in [0.05, 0.1) is 12.8 Å². The first-order valence-corrected chi connectivity index (χ1v) is 9.29. The molecule has 1 amide bonds. The number of pyridine rings is 1. The number of hydrogen-bond acceptors (Lipinski definition) is 4. The van der Waals surface area contributed by atoms with E-state index < -0.39 is 0 Å². The molecule has 1 fully saturated rings. The molecule has 1 saturated heterocycles. The predicted octanol–water partition coefficient (Wildman–Crippen LogP) is 2.80. The number of carbonyl (C=O) groups is 1. The first kappa shape index (κ1) is 18.4. The van der Waals surface area contributed by atoms with Crippen LogP contribution in [0.1, 0.15) is 30.5 Å². The summed E-state index contributed by atoms with van der Waals surface area (Å²) in [7, 11) is 1.67. The summed E-state index contributed by atoms with van der Waals surface area (Å²) < 4.78 is 5.19. The van der Waals surface area contributed by atoms with Crippen LogP contribution in [-0.4, -0.2) is 42.0 Å². The first-order valence-electron chi connectivity index (χ1n) is 9.29. The summed E-state index contributed by atoms with van der Waals surface area (Å²) in [5.74, 6) is 1.15. The van der Waals surface area contributed by atoms with E-state index in [1.807, 2.05) is 36.5 Å². The fraction of sp³-hybridized carbons (Fsp3) is 0.429. The minimum absolute atomic E-state index is 0.285. The second kappa shape index (κ2) is 9.34. The number of likely N-dealkylation sites (tertiary alicyclic amines) is 1. The smallest absolute Gasteiger partial charge is 0.222 e. The van der Waals surface area contributed by atoms with Crippen molar-refractivity contribution in [2.45, 2.75) is 38.3 Å². The molecule has 0 aliphatic carbocycles. The van der Waals surface area contributed by atoms with E-state index in [4.69, 9.17) is 4.74 Å². The Hall–Kier alpha value is -2.40. The average Bonchev–Trinajstić information content (AvgIpc) is 3.04. The van der Waals surface area contributed by atoms with Crippen molar-refractivity contribution in [3.63, 3.8) is 0 Å². The Morgan fingerprint density at radius 3 is 2.81 bits per heavy atom. The summed E-state index contributed by atoms with van der Waals surface area (Å²) in [5, 5.41) is 3.44. The van der Waals surface area contributed by atoms with Gasteiger partial charge in [-0.1, -0.05) is 18.2 Å². The average molecular weight is 353 g/mol. The van der Waals surface area contributed by atoms with Gasteiger partial charge < -0.3 is 15.0 Å². The number of ether oxygens (including phenoxy) is 1. The van der Waals surface area contributed by atoms with E-state index in [1.165, 1.54) is 5.56 Å². The Labute approximate surface area is 155 Å². The van der Waals surface area contributed by atoms with Crippen molar-refractivity contribution < 1.29 is 9.53 Å². The van der Waals surface area contributed by atoms with Crippen molar-refractivity contribution in [1.29, 1.82) is 0 Å². The van der Waals surface area contributed by atoms with Crippen molar-refractivity contribution in [3.05, 3.63) is 59.9 Å². The molecule has 1 aromatic carbocycles. The third-order valence-electron chi connectivity index (χ3n) is 4.94. The van der Waals surface area contributed by atoms with Gasteiger partial charge in [0.25, 0.3) is 0 Å². The summed E-state index contributed by atoms with van der Waals surface area (Å²) in [6.07, 6.45) is 5.32. The molecular formula is C21H27N3O2. The van der Waals surface area contributed by atoms with E-state index in [0.717, 1.165) is 50.3 Å². The lowest BCUT2D eigenvalue weighted by molar-refractivity contribution is -0.129. The van der Waals surface area contributed by atoms with Crippen LogP contribution in [0.4, 0.5) is 0 Å². The number of methoxy groups -OCH3 is 1. The first-order chi connectivity index (χ1) is 12.8. The van der Waals surface area contributed by atoms with Crippen molar-refractivity contribution >= 4 is 5.91 Å². The maximum atomic E-state index is 12.2. The zero-order chi connectivity index (χ0) is 18.2. The molecule has 2 heterocycles. The normalized spacial score (nSPS) is 16.9. The minimum Gasteiger partial charge on any atom is -0.497 e. The van der Waals surface area contributed by atoms with Crippen molar-refractivity contribution in [2.75, 3.05) is 20.2 Å². The Bertz CT molecular complexity index is 688. The van der Waals surface area contributed by atoms with Gasteiger partial charge in [0, 0.05) is 31.7 Å². The van der Waals surface area contributed by atoms with Crippen LogP contribution >= 0.6 is 0 Å². The van der Waals surface area contributed by atoms with Crippen molar-refractivity contribution in [1.82, 2.24) is 15.2 Å². The molecule has 1 aliphatic heterocycles. The minimum atomic E-state index is 0.285. The fourth-order valence-electron chi connectivity index (χ4n) is 3.43. The van der Waals surface area contributed by atoms with Crippen LogP contribution in [0.25, 0.3) is 0 Å². The number of benzene rings is 1. The number of amides is 1. The molecule has 0 unspecified atom stereocenters. The molecule has 1 aliphatic rings. The van der Waals surface area contributed by atoms with Crippen LogP contribution in [0, 0.1) is 0 Å². The zero-order valence-electron chi connectivity index (χ0n) is 15.4. The zero-order valence-corrected chi connectivity index (χ0v) is 15.4. The van der Waals surface area contributed by atoms with E-state index in [9.17, 15) is 4.79 Å². The number of aromatic nitrogens is 1. The molecule has 0 radical (unpaired) electrons. The monoisotopic (exact) mass is 353 g/mol. The molecular weight excluding hydrogens is 326 g/mol. The number of rotatable bonds is 9. The summed E-state index contributed by atoms with van der Waals surface area (Å²) in [6.45, 7) is 2.46. The van der Waals surface area contributed by atoms with Gasteiger partial charge in [-0.2, -0.15) is 0 Å². The van der Waals surface area contributed by atoms with E-state index in [0.29, 0.717) is 12.5 Å². The molecule has 138 valence electrons. The molecule has 0 saturated carbocycles. The Kier molecular flexibility index (Phi) is 6.61. The van der Waals surface area contributed by atoms with Crippen LogP contribution in [0.5, 0.6) is 5.75 Å². The highest BCUT2D eigenvalue weighted by molar-refractivity contribution is 5.78. The number of hydrogen-bond donors (Lipinski definition) is 1. The topological polar surface area (TPSA) is 54.5 Å². The summed E-state index contributed by atoms with van der Waals surface area (Å²) in [5.41, 5.74) is 2.28. The maximum absolute atomic E-state index is 12.2. The molecule has 0 spiro atoms. The van der Waals surface area contributed by atoms with Crippen LogP contribution in [0.3, 0.4) is 0 Å². The second-order valence-electron chi connectivity index (χ2n) is 6.66. The molecule has 2 aromatic rings. The Morgan fingerprint density at radius 1 is 1.23 bits per heavy atom. The Morgan fingerprint density at radius 2 is 2.08 bits per heavy atom. The predicted molar refractivity (Wildman–Crippen MR) is 102 cm³/mol. The molecule has 0 bridgehead atoms. The van der Waals surface area contributed by atoms with Gasteiger partial charge in [-0.15, -0.1) is 0 Å². The summed E-state index contributed by atoms with van der Waals surface area (Å²) in [4.78, 5) is 18.6. The van der Waals surface area contributed by atoms with Gasteiger partial charge >= 0.3 is 0 Å². The van der Waals surface area contributed by atoms with Crippen LogP contribution < -0.4 is 10.1 Å². The lowest BCUT2D eigenvalue weighted by atomic mass is 10.1. The van der Waals surface area contributed by atoms with Crippen LogP contribution in [-0.2, 0) is 17.8 Å². The number of carbonyl (C=O) groups excluding carboxylic acids is 1. The van der Waals surface area contributed by atoms with Gasteiger partial charge in [-0.25, -0.2) is 0 Å². The van der Waals surface area contributed by atoms with E-state index in [1.54, 1.807) is 7.11 Å². The molecule has 5 nitrogen and oxygen atoms in total. The van der Waals surface area contributed by atoms with Crippen LogP contribution in [0.2, 0.25) is 0 Å². The highest BCUT2D eigenvalue weighted by Crippen LogP contribution is 2.22.